The number of hydrogen-bond acceptors (Lipinski definition) is 6. The van der Waals surface area contributed by atoms with Crippen molar-refractivity contribution >= 4 is 46.7 Å². The Hall–Kier alpha value is -2.94. The molecule has 4 aromatic rings. The standard InChI is InChI=1S/C21H16Cl2N6OS/c1-13-2-4-16(5-3-13)29-20(14-6-8-24-9-7-14)27-28-21(29)31-12-18(30)26-19-17(23)10-15(22)11-25-19/h2-11H,12H2,1H3,(H,25,26,30). The Morgan fingerprint density at radius 2 is 1.84 bits per heavy atom. The van der Waals surface area contributed by atoms with E-state index in [9.17, 15) is 4.79 Å². The molecule has 4 rings (SSSR count). The van der Waals surface area contributed by atoms with Gasteiger partial charge in [0.25, 0.3) is 0 Å². The van der Waals surface area contributed by atoms with Gasteiger partial charge in [0, 0.05) is 29.8 Å². The highest BCUT2D eigenvalue weighted by Crippen LogP contribution is 2.28. The summed E-state index contributed by atoms with van der Waals surface area (Å²) in [5.74, 6) is 0.748. The molecule has 0 aliphatic rings. The predicted molar refractivity (Wildman–Crippen MR) is 123 cm³/mol. The van der Waals surface area contributed by atoms with Crippen LogP contribution in [0.4, 0.5) is 5.82 Å². The molecule has 0 fully saturated rings. The number of amides is 1. The molecule has 0 saturated carbocycles. The molecule has 1 amide bonds. The predicted octanol–water partition coefficient (Wildman–Crippen LogP) is 5.07. The highest BCUT2D eigenvalue weighted by atomic mass is 35.5. The molecule has 0 aliphatic heterocycles. The number of pyridine rings is 2. The van der Waals surface area contributed by atoms with Gasteiger partial charge in [0.05, 0.1) is 15.8 Å². The van der Waals surface area contributed by atoms with E-state index in [0.717, 1.165) is 16.8 Å². The lowest BCUT2D eigenvalue weighted by atomic mass is 10.2. The highest BCUT2D eigenvalue weighted by Gasteiger charge is 2.18. The van der Waals surface area contributed by atoms with Crippen molar-refractivity contribution in [3.63, 3.8) is 0 Å². The minimum Gasteiger partial charge on any atom is -0.309 e. The van der Waals surface area contributed by atoms with Crippen LogP contribution in [0.5, 0.6) is 0 Å². The fraction of sp³-hybridized carbons (Fsp3) is 0.0952. The minimum absolute atomic E-state index is 0.0982. The van der Waals surface area contributed by atoms with E-state index in [0.29, 0.717) is 16.0 Å². The lowest BCUT2D eigenvalue weighted by Gasteiger charge is -2.11. The fourth-order valence-corrected chi connectivity index (χ4v) is 3.96. The summed E-state index contributed by atoms with van der Waals surface area (Å²) in [6.07, 6.45) is 4.82. The van der Waals surface area contributed by atoms with E-state index < -0.39 is 0 Å². The molecule has 7 nitrogen and oxygen atoms in total. The summed E-state index contributed by atoms with van der Waals surface area (Å²) in [5, 5.41) is 12.6. The van der Waals surface area contributed by atoms with Crippen LogP contribution in [-0.2, 0) is 4.79 Å². The first-order valence-corrected chi connectivity index (χ1v) is 10.9. The number of carbonyl (C=O) groups excluding carboxylic acids is 1. The van der Waals surface area contributed by atoms with E-state index in [1.54, 1.807) is 12.4 Å². The first kappa shape index (κ1) is 21.3. The molecular formula is C21H16Cl2N6OS. The Balaban J connectivity index is 1.58. The number of anilines is 1. The third-order valence-electron chi connectivity index (χ3n) is 4.26. The van der Waals surface area contributed by atoms with Crippen LogP contribution in [-0.4, -0.2) is 36.4 Å². The van der Waals surface area contributed by atoms with Gasteiger partial charge in [-0.2, -0.15) is 0 Å². The number of benzene rings is 1. The third-order valence-corrected chi connectivity index (χ3v) is 5.69. The second-order valence-corrected chi connectivity index (χ2v) is 8.32. The van der Waals surface area contributed by atoms with Crippen LogP contribution in [0.2, 0.25) is 10.0 Å². The molecule has 0 atom stereocenters. The van der Waals surface area contributed by atoms with Crippen LogP contribution >= 0.6 is 35.0 Å². The van der Waals surface area contributed by atoms with Gasteiger partial charge in [-0.15, -0.1) is 10.2 Å². The summed E-state index contributed by atoms with van der Waals surface area (Å²) in [7, 11) is 0. The highest BCUT2D eigenvalue weighted by molar-refractivity contribution is 7.99. The van der Waals surface area contributed by atoms with Crippen molar-refractivity contribution in [3.8, 4) is 17.1 Å². The first-order valence-electron chi connectivity index (χ1n) is 9.18. The second kappa shape index (κ2) is 9.47. The lowest BCUT2D eigenvalue weighted by Crippen LogP contribution is -2.15. The molecule has 0 bridgehead atoms. The summed E-state index contributed by atoms with van der Waals surface area (Å²) in [4.78, 5) is 20.6. The topological polar surface area (TPSA) is 85.6 Å². The normalized spacial score (nSPS) is 10.8. The molecule has 156 valence electrons. The summed E-state index contributed by atoms with van der Waals surface area (Å²) >= 11 is 13.2. The van der Waals surface area contributed by atoms with E-state index >= 15 is 0 Å². The van der Waals surface area contributed by atoms with Crippen LogP contribution in [0.1, 0.15) is 5.56 Å². The Kier molecular flexibility index (Phi) is 6.50. The van der Waals surface area contributed by atoms with Crippen molar-refractivity contribution in [2.75, 3.05) is 11.1 Å². The third kappa shape index (κ3) is 5.04. The van der Waals surface area contributed by atoms with Crippen molar-refractivity contribution in [2.45, 2.75) is 12.1 Å². The number of aryl methyl sites for hydroxylation is 1. The maximum Gasteiger partial charge on any atom is 0.236 e. The van der Waals surface area contributed by atoms with E-state index in [4.69, 9.17) is 23.2 Å². The zero-order valence-electron chi connectivity index (χ0n) is 16.3. The van der Waals surface area contributed by atoms with Gasteiger partial charge >= 0.3 is 0 Å². The number of carbonyl (C=O) groups is 1. The molecule has 0 spiro atoms. The Morgan fingerprint density at radius 3 is 2.55 bits per heavy atom. The van der Waals surface area contributed by atoms with Crippen molar-refractivity contribution in [1.29, 1.82) is 0 Å². The monoisotopic (exact) mass is 470 g/mol. The van der Waals surface area contributed by atoms with Gasteiger partial charge < -0.3 is 5.32 Å². The molecule has 0 saturated heterocycles. The maximum absolute atomic E-state index is 12.5. The molecule has 1 N–H and O–H groups in total. The smallest absolute Gasteiger partial charge is 0.236 e. The number of nitrogens with zero attached hydrogens (tertiary/aromatic N) is 5. The van der Waals surface area contributed by atoms with Gasteiger partial charge in [0.1, 0.15) is 0 Å². The molecule has 1 aromatic carbocycles. The van der Waals surface area contributed by atoms with Crippen molar-refractivity contribution < 1.29 is 4.79 Å². The van der Waals surface area contributed by atoms with Gasteiger partial charge in [0.15, 0.2) is 16.8 Å². The average molecular weight is 471 g/mol. The number of aromatic nitrogens is 5. The summed E-state index contributed by atoms with van der Waals surface area (Å²) < 4.78 is 1.92. The van der Waals surface area contributed by atoms with Gasteiger partial charge in [-0.1, -0.05) is 52.7 Å². The molecule has 0 radical (unpaired) electrons. The maximum atomic E-state index is 12.5. The average Bonchev–Trinajstić information content (AvgIpc) is 3.19. The zero-order chi connectivity index (χ0) is 21.8. The first-order chi connectivity index (χ1) is 15.0. The van der Waals surface area contributed by atoms with E-state index in [2.05, 4.69) is 25.5 Å². The fourth-order valence-electron chi connectivity index (χ4n) is 2.78. The second-order valence-electron chi connectivity index (χ2n) is 6.53. The molecule has 0 unspecified atom stereocenters. The molecule has 3 heterocycles. The Bertz CT molecular complexity index is 1210. The number of nitrogens with one attached hydrogen (secondary N) is 1. The largest absolute Gasteiger partial charge is 0.309 e. The van der Waals surface area contributed by atoms with Crippen LogP contribution in [0.15, 0.2) is 66.2 Å². The summed E-state index contributed by atoms with van der Waals surface area (Å²) in [5.41, 5.74) is 2.91. The molecule has 10 heteroatoms. The van der Waals surface area contributed by atoms with Crippen LogP contribution in [0.25, 0.3) is 17.1 Å². The lowest BCUT2D eigenvalue weighted by molar-refractivity contribution is -0.113. The van der Waals surface area contributed by atoms with Gasteiger partial charge in [-0.05, 0) is 37.3 Å². The van der Waals surface area contributed by atoms with Crippen molar-refractivity contribution in [2.24, 2.45) is 0 Å². The van der Waals surface area contributed by atoms with Gasteiger partial charge in [-0.25, -0.2) is 4.98 Å². The quantitative estimate of drug-likeness (QED) is 0.395. The number of hydrogen-bond donors (Lipinski definition) is 1. The Labute approximate surface area is 192 Å². The van der Waals surface area contributed by atoms with Crippen LogP contribution in [0.3, 0.4) is 0 Å². The van der Waals surface area contributed by atoms with Crippen molar-refractivity contribution in [1.82, 2.24) is 24.7 Å². The zero-order valence-corrected chi connectivity index (χ0v) is 18.6. The minimum atomic E-state index is -0.273. The molecular weight excluding hydrogens is 455 g/mol. The van der Waals surface area contributed by atoms with E-state index in [1.807, 2.05) is 47.9 Å². The van der Waals surface area contributed by atoms with Crippen LogP contribution in [0, 0.1) is 6.92 Å². The number of halogens is 2. The van der Waals surface area contributed by atoms with Crippen LogP contribution < -0.4 is 5.32 Å². The van der Waals surface area contributed by atoms with Crippen molar-refractivity contribution in [3.05, 3.63) is 76.7 Å². The molecule has 31 heavy (non-hydrogen) atoms. The molecule has 0 aliphatic carbocycles. The van der Waals surface area contributed by atoms with E-state index in [-0.39, 0.29) is 22.5 Å². The summed E-state index contributed by atoms with van der Waals surface area (Å²) in [6.45, 7) is 2.02. The van der Waals surface area contributed by atoms with E-state index in [1.165, 1.54) is 24.0 Å². The Morgan fingerprint density at radius 1 is 1.10 bits per heavy atom. The number of thioether (sulfide) groups is 1. The SMILES string of the molecule is Cc1ccc(-n2c(SCC(=O)Nc3ncc(Cl)cc3Cl)nnc2-c2ccncc2)cc1. The number of rotatable bonds is 6. The molecule has 3 aromatic heterocycles. The van der Waals surface area contributed by atoms with Gasteiger partial charge in [-0.3, -0.25) is 14.3 Å². The summed E-state index contributed by atoms with van der Waals surface area (Å²) in [6, 6.07) is 13.3. The van der Waals surface area contributed by atoms with Gasteiger partial charge in [0.2, 0.25) is 5.91 Å².